The van der Waals surface area contributed by atoms with Crippen LogP contribution >= 0.6 is 0 Å². The Morgan fingerprint density at radius 1 is 1.43 bits per heavy atom. The smallest absolute Gasteiger partial charge is 0.235 e. The standard InChI is InChI=1S/C16H23NO3S/c1-12(16(18)17-14-7-3-4-8-14)21(19)11-13-6-5-9-15(10-13)20-2/h5-6,9-10,12,14H,3-4,7-8,11H2,1-2H3,(H,17,18). The molecule has 2 atom stereocenters. The minimum absolute atomic E-state index is 0.0943. The summed E-state index contributed by atoms with van der Waals surface area (Å²) in [6.07, 6.45) is 4.43. The number of amides is 1. The zero-order chi connectivity index (χ0) is 15.2. The summed E-state index contributed by atoms with van der Waals surface area (Å²) in [5, 5.41) is 2.52. The molecule has 1 aromatic carbocycles. The number of nitrogens with one attached hydrogen (secondary N) is 1. The summed E-state index contributed by atoms with van der Waals surface area (Å²) in [6.45, 7) is 1.74. The van der Waals surface area contributed by atoms with E-state index in [1.807, 2.05) is 24.3 Å². The van der Waals surface area contributed by atoms with E-state index in [9.17, 15) is 9.00 Å². The number of ether oxygens (including phenoxy) is 1. The molecule has 1 saturated carbocycles. The van der Waals surface area contributed by atoms with Gasteiger partial charge in [-0.15, -0.1) is 0 Å². The third kappa shape index (κ3) is 4.56. The fourth-order valence-electron chi connectivity index (χ4n) is 2.56. The van der Waals surface area contributed by atoms with Gasteiger partial charge in [0.2, 0.25) is 5.91 Å². The van der Waals surface area contributed by atoms with Gasteiger partial charge in [-0.2, -0.15) is 0 Å². The summed E-state index contributed by atoms with van der Waals surface area (Å²) in [4.78, 5) is 12.1. The minimum atomic E-state index is -1.22. The maximum atomic E-state index is 12.3. The highest BCUT2D eigenvalue weighted by molar-refractivity contribution is 7.85. The molecule has 2 unspecified atom stereocenters. The molecular formula is C16H23NO3S. The van der Waals surface area contributed by atoms with Gasteiger partial charge in [-0.25, -0.2) is 0 Å². The molecule has 4 nitrogen and oxygen atoms in total. The molecule has 0 spiro atoms. The highest BCUT2D eigenvalue weighted by Gasteiger charge is 2.24. The largest absolute Gasteiger partial charge is 0.497 e. The van der Waals surface area contributed by atoms with E-state index in [1.165, 1.54) is 12.8 Å². The van der Waals surface area contributed by atoms with Crippen LogP contribution in [-0.4, -0.2) is 28.5 Å². The average molecular weight is 309 g/mol. The first-order valence-electron chi connectivity index (χ1n) is 7.40. The molecule has 1 N–H and O–H groups in total. The fraction of sp³-hybridized carbons (Fsp3) is 0.562. The first-order chi connectivity index (χ1) is 10.1. The molecule has 1 aromatic rings. The highest BCUT2D eigenvalue weighted by atomic mass is 32.2. The summed E-state index contributed by atoms with van der Waals surface area (Å²) in [7, 11) is 0.381. The lowest BCUT2D eigenvalue weighted by Crippen LogP contribution is -2.40. The Kier molecular flexibility index (Phi) is 5.79. The van der Waals surface area contributed by atoms with Gasteiger partial charge < -0.3 is 10.1 Å². The Morgan fingerprint density at radius 3 is 2.81 bits per heavy atom. The van der Waals surface area contributed by atoms with Crippen LogP contribution in [0.15, 0.2) is 24.3 Å². The van der Waals surface area contributed by atoms with Crippen LogP contribution in [0.5, 0.6) is 5.75 Å². The van der Waals surface area contributed by atoms with E-state index in [1.54, 1.807) is 14.0 Å². The number of carbonyl (C=O) groups is 1. The molecule has 21 heavy (non-hydrogen) atoms. The van der Waals surface area contributed by atoms with Crippen LogP contribution in [0.4, 0.5) is 0 Å². The van der Waals surface area contributed by atoms with Crippen LogP contribution in [0, 0.1) is 0 Å². The number of carbonyl (C=O) groups excluding carboxylic acids is 1. The second-order valence-corrected chi connectivity index (χ2v) is 7.27. The molecule has 0 saturated heterocycles. The van der Waals surface area contributed by atoms with Crippen molar-refractivity contribution in [3.8, 4) is 5.75 Å². The summed E-state index contributed by atoms with van der Waals surface area (Å²) < 4.78 is 17.5. The van der Waals surface area contributed by atoms with Crippen molar-refractivity contribution in [1.82, 2.24) is 5.32 Å². The lowest BCUT2D eigenvalue weighted by Gasteiger charge is -2.16. The first kappa shape index (κ1) is 16.0. The van der Waals surface area contributed by atoms with Crippen LogP contribution in [-0.2, 0) is 21.3 Å². The normalized spacial score (nSPS) is 18.2. The summed E-state index contributed by atoms with van der Waals surface area (Å²) in [5.74, 6) is 1.02. The molecular weight excluding hydrogens is 286 g/mol. The number of rotatable bonds is 6. The number of benzene rings is 1. The highest BCUT2D eigenvalue weighted by Crippen LogP contribution is 2.19. The molecule has 2 rings (SSSR count). The van der Waals surface area contributed by atoms with Crippen molar-refractivity contribution >= 4 is 16.7 Å². The van der Waals surface area contributed by atoms with Crippen molar-refractivity contribution in [1.29, 1.82) is 0 Å². The molecule has 1 aliphatic rings. The Hall–Kier alpha value is -1.36. The maximum Gasteiger partial charge on any atom is 0.235 e. The molecule has 1 fully saturated rings. The van der Waals surface area contributed by atoms with Crippen molar-refractivity contribution in [3.63, 3.8) is 0 Å². The third-order valence-corrected chi connectivity index (χ3v) is 5.53. The Bertz CT molecular complexity index is 512. The van der Waals surface area contributed by atoms with Crippen molar-refractivity contribution in [2.45, 2.75) is 49.7 Å². The Morgan fingerprint density at radius 2 is 2.14 bits per heavy atom. The molecule has 0 bridgehead atoms. The summed E-state index contributed by atoms with van der Waals surface area (Å²) >= 11 is 0. The van der Waals surface area contributed by atoms with Crippen LogP contribution < -0.4 is 10.1 Å². The zero-order valence-electron chi connectivity index (χ0n) is 12.6. The second kappa shape index (κ2) is 7.59. The molecule has 0 aromatic heterocycles. The quantitative estimate of drug-likeness (QED) is 0.878. The molecule has 1 aliphatic carbocycles. The lowest BCUT2D eigenvalue weighted by atomic mass is 10.2. The predicted molar refractivity (Wildman–Crippen MR) is 84.7 cm³/mol. The molecule has 5 heteroatoms. The minimum Gasteiger partial charge on any atom is -0.497 e. The number of hydrogen-bond acceptors (Lipinski definition) is 3. The SMILES string of the molecule is COc1cccc(CS(=O)C(C)C(=O)NC2CCCC2)c1. The van der Waals surface area contributed by atoms with Gasteiger partial charge in [0.25, 0.3) is 0 Å². The van der Waals surface area contributed by atoms with Gasteiger partial charge in [0.1, 0.15) is 11.0 Å². The van der Waals surface area contributed by atoms with Gasteiger partial charge in [0.15, 0.2) is 0 Å². The Balaban J connectivity index is 1.90. The molecule has 1 amide bonds. The van der Waals surface area contributed by atoms with Gasteiger partial charge in [0, 0.05) is 22.6 Å². The van der Waals surface area contributed by atoms with E-state index in [0.29, 0.717) is 5.75 Å². The van der Waals surface area contributed by atoms with Crippen molar-refractivity contribution in [2.75, 3.05) is 7.11 Å². The number of hydrogen-bond donors (Lipinski definition) is 1. The predicted octanol–water partition coefficient (Wildman–Crippen LogP) is 2.39. The number of methoxy groups -OCH3 is 1. The van der Waals surface area contributed by atoms with E-state index in [4.69, 9.17) is 4.74 Å². The third-order valence-electron chi connectivity index (χ3n) is 3.91. The first-order valence-corrected chi connectivity index (χ1v) is 8.79. The lowest BCUT2D eigenvalue weighted by molar-refractivity contribution is -0.121. The van der Waals surface area contributed by atoms with E-state index in [-0.39, 0.29) is 11.9 Å². The van der Waals surface area contributed by atoms with Crippen LogP contribution in [0.1, 0.15) is 38.2 Å². The van der Waals surface area contributed by atoms with Gasteiger partial charge in [0.05, 0.1) is 7.11 Å². The van der Waals surface area contributed by atoms with Gasteiger partial charge in [-0.1, -0.05) is 25.0 Å². The van der Waals surface area contributed by atoms with Crippen molar-refractivity contribution < 1.29 is 13.7 Å². The topological polar surface area (TPSA) is 55.4 Å². The van der Waals surface area contributed by atoms with Crippen molar-refractivity contribution in [3.05, 3.63) is 29.8 Å². The van der Waals surface area contributed by atoms with Gasteiger partial charge >= 0.3 is 0 Å². The van der Waals surface area contributed by atoms with Crippen molar-refractivity contribution in [2.24, 2.45) is 0 Å². The molecule has 0 heterocycles. The van der Waals surface area contributed by atoms with Gasteiger partial charge in [-0.05, 0) is 37.5 Å². The molecule has 0 radical (unpaired) electrons. The van der Waals surface area contributed by atoms with Crippen LogP contribution in [0.3, 0.4) is 0 Å². The fourth-order valence-corrected chi connectivity index (χ4v) is 3.62. The molecule has 0 aliphatic heterocycles. The van der Waals surface area contributed by atoms with Crippen LogP contribution in [0.25, 0.3) is 0 Å². The van der Waals surface area contributed by atoms with Gasteiger partial charge in [-0.3, -0.25) is 9.00 Å². The van der Waals surface area contributed by atoms with Crippen LogP contribution in [0.2, 0.25) is 0 Å². The van der Waals surface area contributed by atoms with E-state index >= 15 is 0 Å². The van der Waals surface area contributed by atoms with E-state index in [0.717, 1.165) is 24.2 Å². The second-order valence-electron chi connectivity index (χ2n) is 5.51. The maximum absolute atomic E-state index is 12.3. The van der Waals surface area contributed by atoms with E-state index in [2.05, 4.69) is 5.32 Å². The summed E-state index contributed by atoms with van der Waals surface area (Å²) in [5.41, 5.74) is 0.924. The zero-order valence-corrected chi connectivity index (χ0v) is 13.4. The Labute approximate surface area is 128 Å². The van der Waals surface area contributed by atoms with E-state index < -0.39 is 16.0 Å². The monoisotopic (exact) mass is 309 g/mol. The molecule has 116 valence electrons. The summed E-state index contributed by atoms with van der Waals surface area (Å²) in [6, 6.07) is 7.76. The average Bonchev–Trinajstić information content (AvgIpc) is 2.99.